The molecule has 0 atom stereocenters. The van der Waals surface area contributed by atoms with Gasteiger partial charge in [-0.3, -0.25) is 0 Å². The minimum atomic E-state index is -3.73. The number of halogens is 1. The van der Waals surface area contributed by atoms with E-state index in [-0.39, 0.29) is 27.0 Å². The Morgan fingerprint density at radius 1 is 1.11 bits per heavy atom. The van der Waals surface area contributed by atoms with Gasteiger partial charge in [0, 0.05) is 3.57 Å². The summed E-state index contributed by atoms with van der Waals surface area (Å²) in [5.74, 6) is 0.163. The Morgan fingerprint density at radius 3 is 2.61 bits per heavy atom. The first kappa shape index (κ1) is 11.8. The molecule has 0 aliphatic carbocycles. The van der Waals surface area contributed by atoms with E-state index in [4.69, 9.17) is 4.74 Å². The van der Waals surface area contributed by atoms with Crippen LogP contribution >= 0.6 is 22.6 Å². The van der Waals surface area contributed by atoms with Crippen molar-refractivity contribution in [3.63, 3.8) is 0 Å². The van der Waals surface area contributed by atoms with Crippen LogP contribution in [0.15, 0.2) is 46.2 Å². The molecular formula is C12H7IO4S. The van der Waals surface area contributed by atoms with Gasteiger partial charge in [-0.05, 0) is 46.9 Å². The van der Waals surface area contributed by atoms with Crippen molar-refractivity contribution >= 4 is 32.4 Å². The molecule has 1 heterocycles. The largest absolute Gasteiger partial charge is 0.506 e. The lowest BCUT2D eigenvalue weighted by molar-refractivity contribution is 0.413. The molecule has 0 fully saturated rings. The molecule has 0 bridgehead atoms. The lowest BCUT2D eigenvalue weighted by Gasteiger charge is -2.21. The quantitative estimate of drug-likeness (QED) is 0.615. The van der Waals surface area contributed by atoms with Crippen LogP contribution in [0.4, 0.5) is 0 Å². The van der Waals surface area contributed by atoms with Crippen molar-refractivity contribution in [1.29, 1.82) is 0 Å². The summed E-state index contributed by atoms with van der Waals surface area (Å²) < 4.78 is 31.0. The zero-order valence-corrected chi connectivity index (χ0v) is 11.9. The molecule has 0 spiro atoms. The fourth-order valence-corrected chi connectivity index (χ4v) is 4.02. The number of phenolic OH excluding ortho intramolecular Hbond substituents is 1. The molecular weight excluding hydrogens is 367 g/mol. The predicted octanol–water partition coefficient (Wildman–Crippen LogP) is 2.94. The third-order valence-corrected chi connectivity index (χ3v) is 5.11. The molecule has 1 aliphatic rings. The van der Waals surface area contributed by atoms with Crippen molar-refractivity contribution in [2.24, 2.45) is 0 Å². The fourth-order valence-electron chi connectivity index (χ4n) is 1.89. The van der Waals surface area contributed by atoms with Gasteiger partial charge < -0.3 is 9.84 Å². The van der Waals surface area contributed by atoms with Crippen molar-refractivity contribution in [3.05, 3.63) is 40.0 Å². The van der Waals surface area contributed by atoms with E-state index in [2.05, 4.69) is 0 Å². The molecule has 1 N–H and O–H groups in total. The Bertz CT molecular complexity index is 753. The third-order valence-electron chi connectivity index (χ3n) is 2.63. The van der Waals surface area contributed by atoms with Crippen LogP contribution in [0.1, 0.15) is 0 Å². The SMILES string of the molecule is O=S1(=O)c2ccccc2Oc2cc(I)cc(O)c21. The Morgan fingerprint density at radius 2 is 1.83 bits per heavy atom. The number of hydrogen-bond acceptors (Lipinski definition) is 4. The number of para-hydroxylation sites is 1. The molecule has 4 nitrogen and oxygen atoms in total. The summed E-state index contributed by atoms with van der Waals surface area (Å²) >= 11 is 1.99. The first-order valence-corrected chi connectivity index (χ1v) is 7.61. The Hall–Kier alpha value is -1.28. The number of aromatic hydroxyl groups is 1. The highest BCUT2D eigenvalue weighted by molar-refractivity contribution is 14.1. The summed E-state index contributed by atoms with van der Waals surface area (Å²) in [4.78, 5) is -0.0874. The first-order valence-electron chi connectivity index (χ1n) is 5.04. The minimum Gasteiger partial charge on any atom is -0.506 e. The monoisotopic (exact) mass is 374 g/mol. The summed E-state index contributed by atoms with van der Waals surface area (Å²) in [5, 5.41) is 9.83. The van der Waals surface area contributed by atoms with Gasteiger partial charge in [0.15, 0.2) is 10.6 Å². The maximum atomic E-state index is 12.4. The van der Waals surface area contributed by atoms with Gasteiger partial charge in [-0.25, -0.2) is 8.42 Å². The topological polar surface area (TPSA) is 63.6 Å². The Labute approximate surface area is 117 Å². The predicted molar refractivity (Wildman–Crippen MR) is 72.8 cm³/mol. The maximum absolute atomic E-state index is 12.4. The number of fused-ring (bicyclic) bond motifs is 2. The van der Waals surface area contributed by atoms with E-state index in [1.165, 1.54) is 12.1 Å². The van der Waals surface area contributed by atoms with Gasteiger partial charge in [0.25, 0.3) is 0 Å². The molecule has 0 aromatic heterocycles. The average molecular weight is 374 g/mol. The van der Waals surface area contributed by atoms with Crippen molar-refractivity contribution in [2.45, 2.75) is 9.79 Å². The molecule has 0 saturated carbocycles. The van der Waals surface area contributed by atoms with Gasteiger partial charge in [0.05, 0.1) is 0 Å². The summed E-state index contributed by atoms with van der Waals surface area (Å²) in [5.41, 5.74) is 0. The summed E-state index contributed by atoms with van der Waals surface area (Å²) in [6.07, 6.45) is 0. The van der Waals surface area contributed by atoms with Crippen LogP contribution in [0.3, 0.4) is 0 Å². The van der Waals surface area contributed by atoms with Crippen molar-refractivity contribution in [3.8, 4) is 17.2 Å². The highest BCUT2D eigenvalue weighted by atomic mass is 127. The highest BCUT2D eigenvalue weighted by Gasteiger charge is 2.34. The first-order chi connectivity index (χ1) is 8.50. The lowest BCUT2D eigenvalue weighted by atomic mass is 10.3. The van der Waals surface area contributed by atoms with E-state index in [1.54, 1.807) is 24.3 Å². The van der Waals surface area contributed by atoms with Crippen molar-refractivity contribution in [2.75, 3.05) is 0 Å². The van der Waals surface area contributed by atoms with Gasteiger partial charge in [-0.2, -0.15) is 0 Å². The second-order valence-corrected chi connectivity index (χ2v) is 6.90. The zero-order chi connectivity index (χ0) is 12.9. The molecule has 6 heteroatoms. The Kier molecular flexibility index (Phi) is 2.53. The molecule has 2 aromatic rings. The molecule has 1 aliphatic heterocycles. The second kappa shape index (κ2) is 3.86. The van der Waals surface area contributed by atoms with Crippen LogP contribution in [0.25, 0.3) is 0 Å². The minimum absolute atomic E-state index is 0.0778. The second-order valence-electron chi connectivity index (χ2n) is 3.80. The van der Waals surface area contributed by atoms with Gasteiger partial charge in [0.1, 0.15) is 16.4 Å². The fraction of sp³-hybridized carbons (Fsp3) is 0. The highest BCUT2D eigenvalue weighted by Crippen LogP contribution is 2.46. The number of sulfone groups is 1. The normalized spacial score (nSPS) is 15.4. The molecule has 0 unspecified atom stereocenters. The van der Waals surface area contributed by atoms with Crippen LogP contribution in [0, 0.1) is 3.57 Å². The van der Waals surface area contributed by atoms with E-state index in [0.717, 1.165) is 0 Å². The number of rotatable bonds is 0. The number of ether oxygens (including phenoxy) is 1. The number of phenols is 1. The van der Waals surface area contributed by atoms with Crippen LogP contribution in [-0.2, 0) is 9.84 Å². The van der Waals surface area contributed by atoms with Crippen LogP contribution in [0.5, 0.6) is 17.2 Å². The molecule has 0 amide bonds. The van der Waals surface area contributed by atoms with Crippen LogP contribution < -0.4 is 4.74 Å². The van der Waals surface area contributed by atoms with E-state index in [0.29, 0.717) is 3.57 Å². The van der Waals surface area contributed by atoms with Crippen LogP contribution in [0.2, 0.25) is 0 Å². The van der Waals surface area contributed by atoms with Gasteiger partial charge >= 0.3 is 0 Å². The van der Waals surface area contributed by atoms with E-state index in [1.807, 2.05) is 22.6 Å². The molecule has 0 radical (unpaired) electrons. The van der Waals surface area contributed by atoms with Crippen molar-refractivity contribution < 1.29 is 18.3 Å². The molecule has 0 saturated heterocycles. The van der Waals surface area contributed by atoms with Gasteiger partial charge in [-0.1, -0.05) is 12.1 Å². The lowest BCUT2D eigenvalue weighted by Crippen LogP contribution is -2.11. The molecule has 18 heavy (non-hydrogen) atoms. The Balaban J connectivity index is 2.39. The van der Waals surface area contributed by atoms with Crippen LogP contribution in [-0.4, -0.2) is 13.5 Å². The molecule has 3 rings (SSSR count). The number of benzene rings is 2. The van der Waals surface area contributed by atoms with E-state index < -0.39 is 9.84 Å². The third kappa shape index (κ3) is 1.59. The molecule has 2 aromatic carbocycles. The summed E-state index contributed by atoms with van der Waals surface area (Å²) in [7, 11) is -3.73. The smallest absolute Gasteiger partial charge is 0.217 e. The van der Waals surface area contributed by atoms with Gasteiger partial charge in [0.2, 0.25) is 9.84 Å². The summed E-state index contributed by atoms with van der Waals surface area (Å²) in [6.45, 7) is 0. The van der Waals surface area contributed by atoms with Crippen molar-refractivity contribution in [1.82, 2.24) is 0 Å². The van der Waals surface area contributed by atoms with E-state index in [9.17, 15) is 13.5 Å². The van der Waals surface area contributed by atoms with Gasteiger partial charge in [-0.15, -0.1) is 0 Å². The average Bonchev–Trinajstić information content (AvgIpc) is 2.27. The maximum Gasteiger partial charge on any atom is 0.217 e. The molecule has 92 valence electrons. The summed E-state index contributed by atoms with van der Waals surface area (Å²) in [6, 6.07) is 9.36. The zero-order valence-electron chi connectivity index (χ0n) is 8.92. The standard InChI is InChI=1S/C12H7IO4S/c13-7-5-8(14)12-10(6-7)17-9-3-1-2-4-11(9)18(12,15)16/h1-6,14H. The van der Waals surface area contributed by atoms with E-state index >= 15 is 0 Å². The number of hydrogen-bond donors (Lipinski definition) is 1.